The van der Waals surface area contributed by atoms with Gasteiger partial charge in [-0.25, -0.2) is 0 Å². The number of phenols is 1. The molecule has 0 atom stereocenters. The molecule has 104 valence electrons. The summed E-state index contributed by atoms with van der Waals surface area (Å²) in [6.07, 6.45) is 1.27. The minimum absolute atomic E-state index is 0.0423. The second-order valence-corrected chi connectivity index (χ2v) is 5.59. The maximum Gasteiger partial charge on any atom is 0.282 e. The molecular formula is C14H13NO4S. The molecule has 0 aromatic heterocycles. The molecule has 0 unspecified atom stereocenters. The van der Waals surface area contributed by atoms with Crippen LogP contribution in [0, 0.1) is 0 Å². The van der Waals surface area contributed by atoms with Crippen molar-refractivity contribution in [2.75, 3.05) is 7.11 Å². The number of phenolic OH excluding ortho intramolecular Hbond substituents is 1. The molecule has 1 N–H and O–H groups in total. The summed E-state index contributed by atoms with van der Waals surface area (Å²) in [5.41, 5.74) is 0.682. The molecule has 2 aromatic carbocycles. The lowest BCUT2D eigenvalue weighted by atomic mass is 10.2. The van der Waals surface area contributed by atoms with Crippen LogP contribution in [0.25, 0.3) is 0 Å². The fourth-order valence-corrected chi connectivity index (χ4v) is 2.43. The summed E-state index contributed by atoms with van der Waals surface area (Å²) in [4.78, 5) is -0.0423. The van der Waals surface area contributed by atoms with Gasteiger partial charge in [-0.1, -0.05) is 30.3 Å². The molecule has 0 aliphatic rings. The van der Waals surface area contributed by atoms with E-state index < -0.39 is 10.0 Å². The van der Waals surface area contributed by atoms with Gasteiger partial charge in [0.05, 0.1) is 12.0 Å². The second-order valence-electron chi connectivity index (χ2n) is 3.95. The molecule has 0 saturated carbocycles. The summed E-state index contributed by atoms with van der Waals surface area (Å²) in [7, 11) is -2.48. The topological polar surface area (TPSA) is 76.0 Å². The Balaban J connectivity index is 2.34. The van der Waals surface area contributed by atoms with Crippen LogP contribution >= 0.6 is 0 Å². The largest absolute Gasteiger partial charge is 0.504 e. The summed E-state index contributed by atoms with van der Waals surface area (Å²) in [6, 6.07) is 12.7. The number of hydrogen-bond acceptors (Lipinski definition) is 4. The Morgan fingerprint density at radius 1 is 1.15 bits per heavy atom. The van der Waals surface area contributed by atoms with Crippen molar-refractivity contribution in [3.63, 3.8) is 0 Å². The number of ether oxygens (including phenoxy) is 1. The van der Waals surface area contributed by atoms with Crippen molar-refractivity contribution < 1.29 is 18.3 Å². The van der Waals surface area contributed by atoms with Gasteiger partial charge in [-0.2, -0.15) is 12.8 Å². The molecule has 0 aliphatic heterocycles. The monoisotopic (exact) mass is 291 g/mol. The van der Waals surface area contributed by atoms with Crippen molar-refractivity contribution in [2.24, 2.45) is 4.40 Å². The molecule has 6 heteroatoms. The summed E-state index contributed by atoms with van der Waals surface area (Å²) in [5, 5.41) is 9.45. The summed E-state index contributed by atoms with van der Waals surface area (Å²) in [5.74, 6) is -0.0422. The first-order valence-electron chi connectivity index (χ1n) is 5.75. The second kappa shape index (κ2) is 5.75. The summed E-state index contributed by atoms with van der Waals surface area (Å²) in [6.45, 7) is 0. The molecule has 5 nitrogen and oxygen atoms in total. The lowest BCUT2D eigenvalue weighted by molar-refractivity contribution is 0.372. The molecule has 0 aliphatic carbocycles. The van der Waals surface area contributed by atoms with E-state index in [1.165, 1.54) is 31.5 Å². The predicted molar refractivity (Wildman–Crippen MR) is 75.9 cm³/mol. The first-order valence-corrected chi connectivity index (χ1v) is 7.19. The lowest BCUT2D eigenvalue weighted by Gasteiger charge is -2.05. The zero-order valence-electron chi connectivity index (χ0n) is 10.7. The van der Waals surface area contributed by atoms with E-state index in [9.17, 15) is 13.5 Å². The SMILES string of the molecule is COc1cc(S(=O)(=O)/N=C/c2ccccc2)ccc1O. The maximum absolute atomic E-state index is 12.0. The van der Waals surface area contributed by atoms with Crippen LogP contribution in [0.5, 0.6) is 11.5 Å². The number of sulfonamides is 1. The number of methoxy groups -OCH3 is 1. The van der Waals surface area contributed by atoms with Crippen LogP contribution in [0.4, 0.5) is 0 Å². The van der Waals surface area contributed by atoms with Gasteiger partial charge < -0.3 is 9.84 Å². The van der Waals surface area contributed by atoms with Crippen LogP contribution in [-0.4, -0.2) is 26.8 Å². The van der Waals surface area contributed by atoms with E-state index in [0.717, 1.165) is 0 Å². The van der Waals surface area contributed by atoms with E-state index >= 15 is 0 Å². The van der Waals surface area contributed by atoms with Crippen molar-refractivity contribution in [2.45, 2.75) is 4.90 Å². The van der Waals surface area contributed by atoms with Crippen molar-refractivity contribution in [3.05, 3.63) is 54.1 Å². The molecule has 0 heterocycles. The van der Waals surface area contributed by atoms with Gasteiger partial charge in [0, 0.05) is 12.3 Å². The molecule has 2 rings (SSSR count). The fraction of sp³-hybridized carbons (Fsp3) is 0.0714. The van der Waals surface area contributed by atoms with Gasteiger partial charge in [0.1, 0.15) is 0 Å². The highest BCUT2D eigenvalue weighted by molar-refractivity contribution is 7.90. The Bertz CT molecular complexity index is 724. The third-order valence-corrected chi connectivity index (χ3v) is 3.82. The van der Waals surface area contributed by atoms with Crippen LogP contribution < -0.4 is 4.74 Å². The third kappa shape index (κ3) is 3.16. The number of aromatic hydroxyl groups is 1. The van der Waals surface area contributed by atoms with Gasteiger partial charge in [0.15, 0.2) is 11.5 Å². The molecule has 20 heavy (non-hydrogen) atoms. The molecule has 0 spiro atoms. The van der Waals surface area contributed by atoms with Gasteiger partial charge in [0.25, 0.3) is 10.0 Å². The highest BCUT2D eigenvalue weighted by Gasteiger charge is 2.14. The van der Waals surface area contributed by atoms with Gasteiger partial charge in [-0.3, -0.25) is 0 Å². The van der Waals surface area contributed by atoms with E-state index in [1.807, 2.05) is 6.07 Å². The highest BCUT2D eigenvalue weighted by Crippen LogP contribution is 2.28. The Morgan fingerprint density at radius 2 is 1.85 bits per heavy atom. The lowest BCUT2D eigenvalue weighted by Crippen LogP contribution is -1.98. The standard InChI is InChI=1S/C14H13NO4S/c1-19-14-9-12(7-8-13(14)16)20(17,18)15-10-11-5-3-2-4-6-11/h2-10,16H,1H3/b15-10+. The van der Waals surface area contributed by atoms with E-state index in [0.29, 0.717) is 5.56 Å². The first kappa shape index (κ1) is 14.1. The van der Waals surface area contributed by atoms with Gasteiger partial charge in [-0.05, 0) is 17.7 Å². The smallest absolute Gasteiger partial charge is 0.282 e. The quantitative estimate of drug-likeness (QED) is 0.876. The minimum Gasteiger partial charge on any atom is -0.504 e. The average Bonchev–Trinajstić information content (AvgIpc) is 2.46. The zero-order chi connectivity index (χ0) is 14.6. The zero-order valence-corrected chi connectivity index (χ0v) is 11.5. The van der Waals surface area contributed by atoms with Gasteiger partial charge in [-0.15, -0.1) is 0 Å². The van der Waals surface area contributed by atoms with E-state index in [4.69, 9.17) is 4.74 Å². The van der Waals surface area contributed by atoms with Crippen LogP contribution in [0.1, 0.15) is 5.56 Å². The van der Waals surface area contributed by atoms with E-state index in [-0.39, 0.29) is 16.4 Å². The molecule has 0 fully saturated rings. The fourth-order valence-electron chi connectivity index (χ4n) is 1.55. The number of benzene rings is 2. The van der Waals surface area contributed by atoms with Crippen LogP contribution in [0.3, 0.4) is 0 Å². The van der Waals surface area contributed by atoms with Crippen molar-refractivity contribution >= 4 is 16.2 Å². The number of hydrogen-bond donors (Lipinski definition) is 1. The number of rotatable bonds is 4. The van der Waals surface area contributed by atoms with Gasteiger partial charge >= 0.3 is 0 Å². The van der Waals surface area contributed by atoms with Crippen molar-refractivity contribution in [3.8, 4) is 11.5 Å². The van der Waals surface area contributed by atoms with Crippen LogP contribution in [0.15, 0.2) is 57.8 Å². The van der Waals surface area contributed by atoms with Gasteiger partial charge in [0.2, 0.25) is 0 Å². The molecule has 0 radical (unpaired) electrons. The van der Waals surface area contributed by atoms with E-state index in [1.54, 1.807) is 24.3 Å². The normalized spacial score (nSPS) is 11.7. The molecular weight excluding hydrogens is 278 g/mol. The Labute approximate surface area is 117 Å². The van der Waals surface area contributed by atoms with Crippen LogP contribution in [0.2, 0.25) is 0 Å². The average molecular weight is 291 g/mol. The van der Waals surface area contributed by atoms with Crippen molar-refractivity contribution in [1.82, 2.24) is 0 Å². The highest BCUT2D eigenvalue weighted by atomic mass is 32.2. The maximum atomic E-state index is 12.0. The summed E-state index contributed by atoms with van der Waals surface area (Å²) < 4.78 is 32.6. The third-order valence-electron chi connectivity index (χ3n) is 2.59. The first-order chi connectivity index (χ1) is 9.53. The van der Waals surface area contributed by atoms with E-state index in [2.05, 4.69) is 4.40 Å². The number of nitrogens with zero attached hydrogens (tertiary/aromatic N) is 1. The molecule has 2 aromatic rings. The molecule has 0 bridgehead atoms. The molecule has 0 saturated heterocycles. The minimum atomic E-state index is -3.83. The summed E-state index contributed by atoms with van der Waals surface area (Å²) >= 11 is 0. The predicted octanol–water partition coefficient (Wildman–Crippen LogP) is 2.21. The Kier molecular flexibility index (Phi) is 4.05. The van der Waals surface area contributed by atoms with Crippen molar-refractivity contribution in [1.29, 1.82) is 0 Å². The van der Waals surface area contributed by atoms with Crippen LogP contribution in [-0.2, 0) is 10.0 Å². The molecule has 0 amide bonds. The Hall–Kier alpha value is -2.34. The Morgan fingerprint density at radius 3 is 2.50 bits per heavy atom.